The molecule has 19 heavy (non-hydrogen) atoms. The van der Waals surface area contributed by atoms with E-state index in [1.54, 1.807) is 7.11 Å². The summed E-state index contributed by atoms with van der Waals surface area (Å²) in [4.78, 5) is 12.1. The van der Waals surface area contributed by atoms with Crippen molar-refractivity contribution < 1.29 is 9.53 Å². The molecule has 0 aromatic carbocycles. The molecule has 0 unspecified atom stereocenters. The quantitative estimate of drug-likeness (QED) is 0.873. The topological polar surface area (TPSA) is 67.0 Å². The van der Waals surface area contributed by atoms with Gasteiger partial charge in [-0.1, -0.05) is 0 Å². The summed E-state index contributed by atoms with van der Waals surface area (Å²) < 4.78 is 5.33. The van der Waals surface area contributed by atoms with Gasteiger partial charge in [-0.15, -0.1) is 0 Å². The van der Waals surface area contributed by atoms with Gasteiger partial charge < -0.3 is 10.1 Å². The number of hydrogen-bond acceptors (Lipinski definition) is 3. The summed E-state index contributed by atoms with van der Waals surface area (Å²) in [5.74, 6) is 0.300. The monoisotopic (exact) mass is 265 g/mol. The first-order chi connectivity index (χ1) is 9.11. The molecule has 0 aliphatic heterocycles. The lowest BCUT2D eigenvalue weighted by Crippen LogP contribution is -2.34. The van der Waals surface area contributed by atoms with Crippen LogP contribution < -0.4 is 5.32 Å². The first kappa shape index (κ1) is 14.1. The second-order valence-corrected chi connectivity index (χ2v) is 5.34. The van der Waals surface area contributed by atoms with Crippen molar-refractivity contribution in [1.82, 2.24) is 15.5 Å². The lowest BCUT2D eigenvalue weighted by Gasteiger charge is -2.26. The molecule has 5 heteroatoms. The molecule has 0 bridgehead atoms. The number of carbonyl (C=O) groups excluding carboxylic acids is 1. The summed E-state index contributed by atoms with van der Waals surface area (Å²) in [6, 6.07) is 0. The zero-order chi connectivity index (χ0) is 13.8. The fraction of sp³-hybridized carbons (Fsp3) is 0.714. The number of amides is 1. The highest BCUT2D eigenvalue weighted by Crippen LogP contribution is 2.26. The smallest absolute Gasteiger partial charge is 0.223 e. The Hall–Kier alpha value is -1.36. The van der Waals surface area contributed by atoms with Gasteiger partial charge in [0.15, 0.2) is 0 Å². The number of ether oxygens (including phenoxy) is 1. The lowest BCUT2D eigenvalue weighted by atomic mass is 9.87. The van der Waals surface area contributed by atoms with Crippen LogP contribution in [0.3, 0.4) is 0 Å². The van der Waals surface area contributed by atoms with Crippen LogP contribution in [0, 0.1) is 19.8 Å². The fourth-order valence-electron chi connectivity index (χ4n) is 2.72. The molecule has 1 saturated carbocycles. The standard InChI is InChI=1S/C14H23N3O2/c1-9-13(10(2)17-16-9)8-15-14(18)11-4-6-12(19-3)7-5-11/h11-12H,4-8H2,1-3H3,(H,15,18)(H,16,17). The number of rotatable bonds is 4. The van der Waals surface area contributed by atoms with Gasteiger partial charge in [-0.2, -0.15) is 5.10 Å². The van der Waals surface area contributed by atoms with Crippen LogP contribution in [0.4, 0.5) is 0 Å². The van der Waals surface area contributed by atoms with Crippen LogP contribution >= 0.6 is 0 Å². The number of aromatic nitrogens is 2. The van der Waals surface area contributed by atoms with Crippen LogP contribution in [0.25, 0.3) is 0 Å². The molecule has 0 atom stereocenters. The summed E-state index contributed by atoms with van der Waals surface area (Å²) in [5.41, 5.74) is 3.08. The maximum atomic E-state index is 12.1. The van der Waals surface area contributed by atoms with E-state index in [0.29, 0.717) is 12.6 Å². The predicted molar refractivity (Wildman–Crippen MR) is 72.7 cm³/mol. The van der Waals surface area contributed by atoms with E-state index >= 15 is 0 Å². The van der Waals surface area contributed by atoms with Crippen molar-refractivity contribution in [3.8, 4) is 0 Å². The Labute approximate surface area is 114 Å². The van der Waals surface area contributed by atoms with Crippen LogP contribution in [-0.4, -0.2) is 29.3 Å². The second-order valence-electron chi connectivity index (χ2n) is 5.34. The molecular weight excluding hydrogens is 242 g/mol. The minimum absolute atomic E-state index is 0.138. The highest BCUT2D eigenvalue weighted by atomic mass is 16.5. The number of H-pyrrole nitrogens is 1. The van der Waals surface area contributed by atoms with Crippen molar-refractivity contribution in [2.75, 3.05) is 7.11 Å². The molecule has 5 nitrogen and oxygen atoms in total. The molecule has 0 radical (unpaired) electrons. The van der Waals surface area contributed by atoms with Crippen molar-refractivity contribution >= 4 is 5.91 Å². The van der Waals surface area contributed by atoms with Gasteiger partial charge in [0.1, 0.15) is 0 Å². The van der Waals surface area contributed by atoms with Crippen molar-refractivity contribution in [3.63, 3.8) is 0 Å². The maximum Gasteiger partial charge on any atom is 0.223 e. The largest absolute Gasteiger partial charge is 0.381 e. The fourth-order valence-corrected chi connectivity index (χ4v) is 2.72. The highest BCUT2D eigenvalue weighted by Gasteiger charge is 2.26. The Bertz CT molecular complexity index is 414. The van der Waals surface area contributed by atoms with E-state index in [2.05, 4.69) is 15.5 Å². The third-order valence-electron chi connectivity index (χ3n) is 4.10. The first-order valence-corrected chi connectivity index (χ1v) is 6.92. The van der Waals surface area contributed by atoms with Crippen LogP contribution in [0.15, 0.2) is 0 Å². The minimum atomic E-state index is 0.138. The Morgan fingerprint density at radius 1 is 1.37 bits per heavy atom. The molecule has 1 aliphatic rings. The van der Waals surface area contributed by atoms with E-state index in [1.807, 2.05) is 13.8 Å². The number of methoxy groups -OCH3 is 1. The molecule has 1 fully saturated rings. The van der Waals surface area contributed by atoms with Gasteiger partial charge in [-0.3, -0.25) is 9.89 Å². The van der Waals surface area contributed by atoms with Gasteiger partial charge in [-0.25, -0.2) is 0 Å². The number of carbonyl (C=O) groups is 1. The third kappa shape index (κ3) is 3.35. The van der Waals surface area contributed by atoms with Crippen LogP contribution in [0.1, 0.15) is 42.6 Å². The molecule has 1 amide bonds. The molecule has 0 spiro atoms. The van der Waals surface area contributed by atoms with E-state index in [1.165, 1.54) is 0 Å². The third-order valence-corrected chi connectivity index (χ3v) is 4.10. The van der Waals surface area contributed by atoms with E-state index in [4.69, 9.17) is 4.74 Å². The van der Waals surface area contributed by atoms with Crippen LogP contribution in [0.5, 0.6) is 0 Å². The normalized spacial score (nSPS) is 23.3. The Kier molecular flexibility index (Phi) is 4.58. The van der Waals surface area contributed by atoms with Crippen molar-refractivity contribution in [2.45, 2.75) is 52.2 Å². The average molecular weight is 265 g/mol. The van der Waals surface area contributed by atoms with Crippen molar-refractivity contribution in [1.29, 1.82) is 0 Å². The second kappa shape index (κ2) is 6.19. The highest BCUT2D eigenvalue weighted by molar-refractivity contribution is 5.78. The number of aromatic amines is 1. The molecule has 1 aromatic heterocycles. The molecule has 106 valence electrons. The Morgan fingerprint density at radius 2 is 2.05 bits per heavy atom. The van der Waals surface area contributed by atoms with Crippen molar-refractivity contribution in [2.24, 2.45) is 5.92 Å². The molecular formula is C14H23N3O2. The predicted octanol–water partition coefficient (Wildman–Crippen LogP) is 1.85. The number of hydrogen-bond donors (Lipinski definition) is 2. The van der Waals surface area contributed by atoms with Crippen LogP contribution in [0.2, 0.25) is 0 Å². The van der Waals surface area contributed by atoms with E-state index in [9.17, 15) is 4.79 Å². The van der Waals surface area contributed by atoms with Crippen LogP contribution in [-0.2, 0) is 16.1 Å². The van der Waals surface area contributed by atoms with Gasteiger partial charge in [0.2, 0.25) is 5.91 Å². The summed E-state index contributed by atoms with van der Waals surface area (Å²) in [6.07, 6.45) is 4.15. The van der Waals surface area contributed by atoms with Crippen molar-refractivity contribution in [3.05, 3.63) is 17.0 Å². The SMILES string of the molecule is COC1CCC(C(=O)NCc2c(C)n[nH]c2C)CC1. The summed E-state index contributed by atoms with van der Waals surface area (Å²) in [5, 5.41) is 10.1. The molecule has 0 saturated heterocycles. The van der Waals surface area contributed by atoms with Gasteiger partial charge in [0.25, 0.3) is 0 Å². The maximum absolute atomic E-state index is 12.1. The van der Waals surface area contributed by atoms with Gasteiger partial charge >= 0.3 is 0 Å². The van der Waals surface area contributed by atoms with Gasteiger partial charge in [0, 0.05) is 30.8 Å². The van der Waals surface area contributed by atoms with Gasteiger partial charge in [-0.05, 0) is 39.5 Å². The Balaban J connectivity index is 1.82. The minimum Gasteiger partial charge on any atom is -0.381 e. The van der Waals surface area contributed by atoms with E-state index < -0.39 is 0 Å². The van der Waals surface area contributed by atoms with Gasteiger partial charge in [0.05, 0.1) is 11.8 Å². The summed E-state index contributed by atoms with van der Waals surface area (Å²) >= 11 is 0. The summed E-state index contributed by atoms with van der Waals surface area (Å²) in [6.45, 7) is 4.50. The Morgan fingerprint density at radius 3 is 2.58 bits per heavy atom. The number of nitrogens with zero attached hydrogens (tertiary/aromatic N) is 1. The summed E-state index contributed by atoms with van der Waals surface area (Å²) in [7, 11) is 1.75. The molecule has 1 aromatic rings. The number of aryl methyl sites for hydroxylation is 2. The molecule has 1 heterocycles. The number of nitrogens with one attached hydrogen (secondary N) is 2. The average Bonchev–Trinajstić information content (AvgIpc) is 2.75. The van der Waals surface area contributed by atoms with E-state index in [0.717, 1.165) is 42.6 Å². The zero-order valence-corrected chi connectivity index (χ0v) is 12.0. The zero-order valence-electron chi connectivity index (χ0n) is 12.0. The van der Waals surface area contributed by atoms with E-state index in [-0.39, 0.29) is 11.8 Å². The molecule has 2 rings (SSSR count). The first-order valence-electron chi connectivity index (χ1n) is 6.92. The molecule has 2 N–H and O–H groups in total. The molecule has 1 aliphatic carbocycles. The lowest BCUT2D eigenvalue weighted by molar-refractivity contribution is -0.126.